The van der Waals surface area contributed by atoms with Crippen molar-refractivity contribution >= 4 is 11.9 Å². The molecular weight excluding hydrogens is 270 g/mol. The second-order valence-corrected chi connectivity index (χ2v) is 5.27. The standard InChI is InChI=1S/C16H23NO4/c1-5-10-17(12(2)18)16(3,15(19)20)11-13-6-8-14(21-4)9-7-13/h6-9H,5,10-11H2,1-4H3,(H,19,20). The summed E-state index contributed by atoms with van der Waals surface area (Å²) in [5.41, 5.74) is -0.403. The van der Waals surface area contributed by atoms with Gasteiger partial charge in [-0.1, -0.05) is 19.1 Å². The third-order valence-electron chi connectivity index (χ3n) is 3.59. The first-order valence-corrected chi connectivity index (χ1v) is 6.99. The van der Waals surface area contributed by atoms with E-state index in [-0.39, 0.29) is 12.3 Å². The first-order chi connectivity index (χ1) is 9.85. The van der Waals surface area contributed by atoms with Gasteiger partial charge in [0, 0.05) is 19.9 Å². The second kappa shape index (κ2) is 7.11. The summed E-state index contributed by atoms with van der Waals surface area (Å²) >= 11 is 0. The summed E-state index contributed by atoms with van der Waals surface area (Å²) in [5.74, 6) is -0.509. The molecule has 0 aliphatic heterocycles. The van der Waals surface area contributed by atoms with Crippen LogP contribution in [-0.4, -0.2) is 41.1 Å². The highest BCUT2D eigenvalue weighted by Gasteiger charge is 2.40. The second-order valence-electron chi connectivity index (χ2n) is 5.27. The minimum Gasteiger partial charge on any atom is -0.497 e. The summed E-state index contributed by atoms with van der Waals surface area (Å²) in [6.45, 7) is 5.35. The van der Waals surface area contributed by atoms with Crippen molar-refractivity contribution < 1.29 is 19.4 Å². The lowest BCUT2D eigenvalue weighted by molar-refractivity contribution is -0.157. The van der Waals surface area contributed by atoms with Crippen LogP contribution < -0.4 is 4.74 Å². The predicted octanol–water partition coefficient (Wildman–Crippen LogP) is 2.34. The number of rotatable bonds is 7. The molecule has 1 atom stereocenters. The summed E-state index contributed by atoms with van der Waals surface area (Å²) in [5, 5.41) is 9.62. The van der Waals surface area contributed by atoms with Crippen LogP contribution in [-0.2, 0) is 16.0 Å². The molecule has 1 unspecified atom stereocenters. The van der Waals surface area contributed by atoms with Crippen molar-refractivity contribution in [3.63, 3.8) is 0 Å². The van der Waals surface area contributed by atoms with Crippen LogP contribution in [0, 0.1) is 0 Å². The number of methoxy groups -OCH3 is 1. The monoisotopic (exact) mass is 293 g/mol. The molecule has 1 rings (SSSR count). The molecule has 5 nitrogen and oxygen atoms in total. The van der Waals surface area contributed by atoms with Gasteiger partial charge in [-0.3, -0.25) is 4.79 Å². The van der Waals surface area contributed by atoms with Crippen LogP contribution in [0.1, 0.15) is 32.8 Å². The number of carbonyl (C=O) groups is 2. The van der Waals surface area contributed by atoms with E-state index in [1.54, 1.807) is 26.2 Å². The fourth-order valence-electron chi connectivity index (χ4n) is 2.40. The van der Waals surface area contributed by atoms with Gasteiger partial charge in [0.05, 0.1) is 7.11 Å². The van der Waals surface area contributed by atoms with Gasteiger partial charge in [0.1, 0.15) is 11.3 Å². The minimum absolute atomic E-state index is 0.227. The highest BCUT2D eigenvalue weighted by molar-refractivity contribution is 5.86. The normalized spacial score (nSPS) is 13.3. The molecule has 0 bridgehead atoms. The first-order valence-electron chi connectivity index (χ1n) is 6.99. The number of hydrogen-bond donors (Lipinski definition) is 1. The molecule has 0 radical (unpaired) electrons. The van der Waals surface area contributed by atoms with Gasteiger partial charge >= 0.3 is 5.97 Å². The molecule has 116 valence electrons. The predicted molar refractivity (Wildman–Crippen MR) is 80.4 cm³/mol. The van der Waals surface area contributed by atoms with E-state index in [1.807, 2.05) is 19.1 Å². The third-order valence-corrected chi connectivity index (χ3v) is 3.59. The van der Waals surface area contributed by atoms with Crippen LogP contribution in [0.5, 0.6) is 5.75 Å². The minimum atomic E-state index is -1.25. The highest BCUT2D eigenvalue weighted by atomic mass is 16.5. The Morgan fingerprint density at radius 2 is 1.86 bits per heavy atom. The highest BCUT2D eigenvalue weighted by Crippen LogP contribution is 2.24. The average Bonchev–Trinajstić information content (AvgIpc) is 2.44. The van der Waals surface area contributed by atoms with Gasteiger partial charge in [0.15, 0.2) is 0 Å². The largest absolute Gasteiger partial charge is 0.497 e. The van der Waals surface area contributed by atoms with Crippen molar-refractivity contribution in [2.24, 2.45) is 0 Å². The van der Waals surface area contributed by atoms with Crippen molar-refractivity contribution in [2.75, 3.05) is 13.7 Å². The van der Waals surface area contributed by atoms with Gasteiger partial charge in [0.25, 0.3) is 0 Å². The molecule has 0 saturated carbocycles. The smallest absolute Gasteiger partial charge is 0.329 e. The zero-order chi connectivity index (χ0) is 16.0. The van der Waals surface area contributed by atoms with E-state index in [9.17, 15) is 14.7 Å². The van der Waals surface area contributed by atoms with Crippen LogP contribution >= 0.6 is 0 Å². The lowest BCUT2D eigenvalue weighted by Crippen LogP contribution is -2.56. The Balaban J connectivity index is 3.08. The Bertz CT molecular complexity index is 498. The van der Waals surface area contributed by atoms with E-state index in [0.29, 0.717) is 18.7 Å². The van der Waals surface area contributed by atoms with Crippen LogP contribution in [0.25, 0.3) is 0 Å². The number of benzene rings is 1. The molecule has 0 spiro atoms. The molecule has 5 heteroatoms. The Hall–Kier alpha value is -2.04. The Morgan fingerprint density at radius 1 is 1.29 bits per heavy atom. The molecule has 1 aromatic carbocycles. The van der Waals surface area contributed by atoms with Crippen molar-refractivity contribution in [1.29, 1.82) is 0 Å². The molecular formula is C16H23NO4. The Labute approximate surface area is 125 Å². The molecule has 0 aliphatic carbocycles. The zero-order valence-electron chi connectivity index (χ0n) is 13.0. The van der Waals surface area contributed by atoms with Gasteiger partial charge < -0.3 is 14.7 Å². The van der Waals surface area contributed by atoms with Crippen LogP contribution in [0.15, 0.2) is 24.3 Å². The summed E-state index contributed by atoms with van der Waals surface area (Å²) in [6, 6.07) is 7.22. The number of carboxylic acids is 1. The maximum Gasteiger partial charge on any atom is 0.329 e. The molecule has 1 N–H and O–H groups in total. The number of amides is 1. The van der Waals surface area contributed by atoms with E-state index in [1.165, 1.54) is 11.8 Å². The van der Waals surface area contributed by atoms with E-state index < -0.39 is 11.5 Å². The topological polar surface area (TPSA) is 66.8 Å². The van der Waals surface area contributed by atoms with Crippen LogP contribution in [0.4, 0.5) is 0 Å². The van der Waals surface area contributed by atoms with Gasteiger partial charge in [-0.15, -0.1) is 0 Å². The Morgan fingerprint density at radius 3 is 2.24 bits per heavy atom. The zero-order valence-corrected chi connectivity index (χ0v) is 13.0. The van der Waals surface area contributed by atoms with E-state index in [2.05, 4.69) is 0 Å². The summed E-state index contributed by atoms with van der Waals surface area (Å²) in [4.78, 5) is 25.0. The van der Waals surface area contributed by atoms with Crippen LogP contribution in [0.3, 0.4) is 0 Å². The molecule has 0 heterocycles. The summed E-state index contributed by atoms with van der Waals surface area (Å²) in [7, 11) is 1.58. The van der Waals surface area contributed by atoms with Crippen molar-refractivity contribution in [3.05, 3.63) is 29.8 Å². The van der Waals surface area contributed by atoms with E-state index >= 15 is 0 Å². The molecule has 0 aliphatic rings. The number of ether oxygens (including phenoxy) is 1. The van der Waals surface area contributed by atoms with Crippen molar-refractivity contribution in [2.45, 2.75) is 39.2 Å². The molecule has 1 amide bonds. The number of hydrogen-bond acceptors (Lipinski definition) is 3. The fraction of sp³-hybridized carbons (Fsp3) is 0.500. The number of aliphatic carboxylic acids is 1. The number of carboxylic acid groups (broad SMARTS) is 1. The lowest BCUT2D eigenvalue weighted by Gasteiger charge is -2.37. The summed E-state index contributed by atoms with van der Waals surface area (Å²) in [6.07, 6.45) is 0.969. The number of carbonyl (C=O) groups excluding carboxylic acids is 1. The van der Waals surface area contributed by atoms with Gasteiger partial charge in [-0.05, 0) is 31.0 Å². The van der Waals surface area contributed by atoms with Gasteiger partial charge in [0.2, 0.25) is 5.91 Å². The van der Waals surface area contributed by atoms with Gasteiger partial charge in [-0.25, -0.2) is 4.79 Å². The van der Waals surface area contributed by atoms with Crippen molar-refractivity contribution in [1.82, 2.24) is 4.90 Å². The van der Waals surface area contributed by atoms with E-state index in [4.69, 9.17) is 4.74 Å². The SMILES string of the molecule is CCCN(C(C)=O)C(C)(Cc1ccc(OC)cc1)C(=O)O. The maximum atomic E-state index is 11.8. The quantitative estimate of drug-likeness (QED) is 0.838. The molecule has 0 saturated heterocycles. The maximum absolute atomic E-state index is 11.8. The molecule has 0 fully saturated rings. The van der Waals surface area contributed by atoms with Gasteiger partial charge in [-0.2, -0.15) is 0 Å². The molecule has 0 aromatic heterocycles. The average molecular weight is 293 g/mol. The first kappa shape index (κ1) is 17.0. The molecule has 1 aromatic rings. The number of nitrogens with zero attached hydrogens (tertiary/aromatic N) is 1. The molecule has 21 heavy (non-hydrogen) atoms. The van der Waals surface area contributed by atoms with E-state index in [0.717, 1.165) is 5.56 Å². The Kier molecular flexibility index (Phi) is 5.76. The summed E-state index contributed by atoms with van der Waals surface area (Å²) < 4.78 is 5.09. The van der Waals surface area contributed by atoms with Crippen molar-refractivity contribution in [3.8, 4) is 5.75 Å². The van der Waals surface area contributed by atoms with Crippen LogP contribution in [0.2, 0.25) is 0 Å². The fourth-order valence-corrected chi connectivity index (χ4v) is 2.40. The third kappa shape index (κ3) is 3.97. The lowest BCUT2D eigenvalue weighted by atomic mass is 9.90.